The number of benzene rings is 2. The predicted octanol–water partition coefficient (Wildman–Crippen LogP) is 3.67. The largest absolute Gasteiger partial charge is 0.496 e. The Kier molecular flexibility index (Phi) is 5.46. The molecule has 5 nitrogen and oxygen atoms in total. The van der Waals surface area contributed by atoms with E-state index in [1.165, 1.54) is 26.2 Å². The van der Waals surface area contributed by atoms with Gasteiger partial charge in [-0.1, -0.05) is 41.4 Å². The number of nitrogens with two attached hydrogens (primary N) is 1. The van der Waals surface area contributed by atoms with Crippen molar-refractivity contribution in [2.24, 2.45) is 0 Å². The number of anilines is 1. The molecule has 6 heteroatoms. The molecule has 0 bridgehead atoms. The third-order valence-electron chi connectivity index (χ3n) is 3.53. The second-order valence-electron chi connectivity index (χ2n) is 5.35. The fourth-order valence-corrected chi connectivity index (χ4v) is 2.29. The van der Waals surface area contributed by atoms with E-state index >= 15 is 0 Å². The van der Waals surface area contributed by atoms with Crippen LogP contribution in [-0.4, -0.2) is 25.0 Å². The summed E-state index contributed by atoms with van der Waals surface area (Å²) in [6, 6.07) is 9.84. The molecule has 0 unspecified atom stereocenters. The molecule has 0 saturated carbocycles. The standard InChI is InChI=1S/C18H18ClNO4/c1-10-4-6-12(7-5-10)17(21)11(2)24-18(22)13-8-14(19)15(20)9-16(13)23-3/h4-9,11H,20H2,1-3H3/t11-/m1/s1. The van der Waals surface area contributed by atoms with Gasteiger partial charge < -0.3 is 15.2 Å². The Balaban J connectivity index is 2.18. The zero-order valence-electron chi connectivity index (χ0n) is 13.6. The van der Waals surface area contributed by atoms with Crippen LogP contribution in [0.5, 0.6) is 5.75 Å². The van der Waals surface area contributed by atoms with E-state index in [0.717, 1.165) is 5.56 Å². The molecular formula is C18H18ClNO4. The van der Waals surface area contributed by atoms with Gasteiger partial charge in [0.25, 0.3) is 0 Å². The van der Waals surface area contributed by atoms with Crippen molar-refractivity contribution in [2.75, 3.05) is 12.8 Å². The van der Waals surface area contributed by atoms with Crippen LogP contribution in [0.3, 0.4) is 0 Å². The Hall–Kier alpha value is -2.53. The molecule has 0 spiro atoms. The Labute approximate surface area is 145 Å². The summed E-state index contributed by atoms with van der Waals surface area (Å²) in [5.74, 6) is -0.762. The maximum Gasteiger partial charge on any atom is 0.342 e. The summed E-state index contributed by atoms with van der Waals surface area (Å²) in [4.78, 5) is 24.7. The third kappa shape index (κ3) is 3.86. The lowest BCUT2D eigenvalue weighted by atomic mass is 10.1. The molecule has 0 aliphatic carbocycles. The molecule has 0 saturated heterocycles. The summed E-state index contributed by atoms with van der Waals surface area (Å²) in [5.41, 5.74) is 7.60. The molecule has 0 heterocycles. The van der Waals surface area contributed by atoms with E-state index in [1.54, 1.807) is 12.1 Å². The molecule has 126 valence electrons. The number of halogens is 1. The molecule has 0 fully saturated rings. The average molecular weight is 348 g/mol. The second kappa shape index (κ2) is 7.36. The first-order chi connectivity index (χ1) is 11.3. The van der Waals surface area contributed by atoms with Crippen LogP contribution in [0, 0.1) is 6.92 Å². The number of esters is 1. The van der Waals surface area contributed by atoms with E-state index in [-0.39, 0.29) is 27.8 Å². The summed E-state index contributed by atoms with van der Waals surface area (Å²) < 4.78 is 10.4. The Morgan fingerprint density at radius 1 is 1.17 bits per heavy atom. The highest BCUT2D eigenvalue weighted by Crippen LogP contribution is 2.29. The van der Waals surface area contributed by atoms with E-state index in [1.807, 2.05) is 19.1 Å². The number of Topliss-reactive ketones (excluding diaryl/α,β-unsaturated/α-hetero) is 1. The molecule has 2 aromatic carbocycles. The second-order valence-corrected chi connectivity index (χ2v) is 5.76. The van der Waals surface area contributed by atoms with Gasteiger partial charge in [-0.2, -0.15) is 0 Å². The van der Waals surface area contributed by atoms with Crippen molar-refractivity contribution in [3.05, 3.63) is 58.1 Å². The summed E-state index contributed by atoms with van der Waals surface area (Å²) in [5, 5.41) is 0.209. The fraction of sp³-hybridized carbons (Fsp3) is 0.222. The number of carbonyl (C=O) groups is 2. The van der Waals surface area contributed by atoms with Gasteiger partial charge in [0, 0.05) is 11.6 Å². The van der Waals surface area contributed by atoms with E-state index in [2.05, 4.69) is 0 Å². The minimum atomic E-state index is -0.943. The number of hydrogen-bond acceptors (Lipinski definition) is 5. The van der Waals surface area contributed by atoms with Crippen LogP contribution in [0.25, 0.3) is 0 Å². The Bertz CT molecular complexity index is 771. The topological polar surface area (TPSA) is 78.6 Å². The first-order valence-corrected chi connectivity index (χ1v) is 7.66. The lowest BCUT2D eigenvalue weighted by Crippen LogP contribution is -2.24. The van der Waals surface area contributed by atoms with Gasteiger partial charge in [-0.3, -0.25) is 4.79 Å². The van der Waals surface area contributed by atoms with Crippen LogP contribution in [0.2, 0.25) is 5.02 Å². The Morgan fingerprint density at radius 2 is 1.79 bits per heavy atom. The van der Waals surface area contributed by atoms with Crippen molar-refractivity contribution in [2.45, 2.75) is 20.0 Å². The van der Waals surface area contributed by atoms with E-state index in [0.29, 0.717) is 5.56 Å². The first kappa shape index (κ1) is 17.8. The number of hydrogen-bond donors (Lipinski definition) is 1. The third-order valence-corrected chi connectivity index (χ3v) is 3.86. The maximum absolute atomic E-state index is 12.3. The molecule has 0 aromatic heterocycles. The van der Waals surface area contributed by atoms with Crippen molar-refractivity contribution in [1.82, 2.24) is 0 Å². The number of nitrogen functional groups attached to an aromatic ring is 1. The smallest absolute Gasteiger partial charge is 0.342 e. The Morgan fingerprint density at radius 3 is 2.38 bits per heavy atom. The molecule has 0 radical (unpaired) electrons. The summed E-state index contributed by atoms with van der Waals surface area (Å²) in [7, 11) is 1.40. The molecule has 0 aliphatic rings. The number of carbonyl (C=O) groups excluding carboxylic acids is 2. The van der Waals surface area contributed by atoms with Crippen molar-refractivity contribution in [3.8, 4) is 5.75 Å². The zero-order chi connectivity index (χ0) is 17.9. The van der Waals surface area contributed by atoms with Gasteiger partial charge in [0.2, 0.25) is 5.78 Å². The molecule has 0 aliphatic heterocycles. The van der Waals surface area contributed by atoms with Gasteiger partial charge in [0.1, 0.15) is 11.3 Å². The molecule has 24 heavy (non-hydrogen) atoms. The highest BCUT2D eigenvalue weighted by atomic mass is 35.5. The van der Waals surface area contributed by atoms with Gasteiger partial charge in [-0.15, -0.1) is 0 Å². The fourth-order valence-electron chi connectivity index (χ4n) is 2.13. The average Bonchev–Trinajstić information content (AvgIpc) is 2.56. The normalized spacial score (nSPS) is 11.7. The van der Waals surface area contributed by atoms with Crippen LogP contribution in [0.1, 0.15) is 33.2 Å². The van der Waals surface area contributed by atoms with Gasteiger partial charge in [-0.25, -0.2) is 4.79 Å². The van der Waals surface area contributed by atoms with Gasteiger partial charge in [0.15, 0.2) is 6.10 Å². The highest BCUT2D eigenvalue weighted by Gasteiger charge is 2.23. The highest BCUT2D eigenvalue weighted by molar-refractivity contribution is 6.33. The summed E-state index contributed by atoms with van der Waals surface area (Å²) in [6.07, 6.45) is -0.943. The van der Waals surface area contributed by atoms with Crippen LogP contribution >= 0.6 is 11.6 Å². The number of ether oxygens (including phenoxy) is 2. The predicted molar refractivity (Wildman–Crippen MR) is 92.8 cm³/mol. The number of rotatable bonds is 5. The summed E-state index contributed by atoms with van der Waals surface area (Å²) >= 11 is 5.94. The van der Waals surface area contributed by atoms with Crippen LogP contribution in [0.4, 0.5) is 5.69 Å². The minimum Gasteiger partial charge on any atom is -0.496 e. The van der Waals surface area contributed by atoms with Crippen LogP contribution in [0.15, 0.2) is 36.4 Å². The number of aryl methyl sites for hydroxylation is 1. The van der Waals surface area contributed by atoms with Crippen molar-refractivity contribution < 1.29 is 19.1 Å². The molecule has 2 N–H and O–H groups in total. The molecule has 0 amide bonds. The van der Waals surface area contributed by atoms with Crippen molar-refractivity contribution in [1.29, 1.82) is 0 Å². The van der Waals surface area contributed by atoms with Crippen LogP contribution in [-0.2, 0) is 4.74 Å². The maximum atomic E-state index is 12.3. The molecular weight excluding hydrogens is 330 g/mol. The quantitative estimate of drug-likeness (QED) is 0.507. The zero-order valence-corrected chi connectivity index (χ0v) is 14.4. The van der Waals surface area contributed by atoms with E-state index in [4.69, 9.17) is 26.8 Å². The molecule has 1 atom stereocenters. The monoisotopic (exact) mass is 347 g/mol. The van der Waals surface area contributed by atoms with Crippen molar-refractivity contribution >= 4 is 29.0 Å². The van der Waals surface area contributed by atoms with E-state index < -0.39 is 12.1 Å². The number of methoxy groups -OCH3 is 1. The number of ketones is 1. The van der Waals surface area contributed by atoms with Crippen molar-refractivity contribution in [3.63, 3.8) is 0 Å². The molecule has 2 aromatic rings. The lowest BCUT2D eigenvalue weighted by Gasteiger charge is -2.15. The van der Waals surface area contributed by atoms with Gasteiger partial charge in [0.05, 0.1) is 17.8 Å². The SMILES string of the molecule is COc1cc(N)c(Cl)cc1C(=O)O[C@H](C)C(=O)c1ccc(C)cc1. The minimum absolute atomic E-state index is 0.111. The van der Waals surface area contributed by atoms with Gasteiger partial charge >= 0.3 is 5.97 Å². The first-order valence-electron chi connectivity index (χ1n) is 7.28. The van der Waals surface area contributed by atoms with Gasteiger partial charge in [-0.05, 0) is 19.9 Å². The lowest BCUT2D eigenvalue weighted by molar-refractivity contribution is 0.0316. The summed E-state index contributed by atoms with van der Waals surface area (Å²) in [6.45, 7) is 3.44. The van der Waals surface area contributed by atoms with E-state index in [9.17, 15) is 9.59 Å². The molecule has 2 rings (SSSR count). The van der Waals surface area contributed by atoms with Crippen LogP contribution < -0.4 is 10.5 Å².